The third kappa shape index (κ3) is 8.23. The Morgan fingerprint density at radius 3 is 2.26 bits per heavy atom. The molecule has 0 aliphatic carbocycles. The Kier molecular flexibility index (Phi) is 7.99. The van der Waals surface area contributed by atoms with Gasteiger partial charge in [-0.05, 0) is 53.7 Å². The minimum Gasteiger partial charge on any atom is -0.491 e. The minimum atomic E-state index is -2.95. The number of carbonyl (C=O) groups excluding carboxylic acids is 2. The maximum absolute atomic E-state index is 13.5. The molecule has 0 heterocycles. The second-order valence-electron chi connectivity index (χ2n) is 7.30. The van der Waals surface area contributed by atoms with Crippen molar-refractivity contribution in [2.75, 3.05) is 0 Å². The molecule has 0 aromatic heterocycles. The van der Waals surface area contributed by atoms with Gasteiger partial charge in [0.15, 0.2) is 6.10 Å². The molecule has 1 amide bonds. The Balaban J connectivity index is 2.82. The average molecular weight is 387 g/mol. The lowest BCUT2D eigenvalue weighted by atomic mass is 10.1. The topological polar surface area (TPSA) is 73.9 Å². The summed E-state index contributed by atoms with van der Waals surface area (Å²) in [6.45, 7) is 9.92. The Morgan fingerprint density at radius 2 is 1.74 bits per heavy atom. The molecule has 0 saturated heterocycles. The molecule has 0 aliphatic rings. The molecule has 2 unspecified atom stereocenters. The number of carbonyl (C=O) groups is 2. The van der Waals surface area contributed by atoms with Crippen LogP contribution >= 0.6 is 0 Å². The lowest BCUT2D eigenvalue weighted by Crippen LogP contribution is -2.43. The molecule has 8 heteroatoms. The van der Waals surface area contributed by atoms with Gasteiger partial charge in [-0.25, -0.2) is 18.4 Å². The van der Waals surface area contributed by atoms with Crippen molar-refractivity contribution in [2.24, 2.45) is 0 Å². The summed E-state index contributed by atoms with van der Waals surface area (Å²) in [7, 11) is 0. The fraction of sp³-hybridized carbons (Fsp3) is 0.579. The number of alkyl halides is 2. The quantitative estimate of drug-likeness (QED) is 0.709. The highest BCUT2D eigenvalue weighted by molar-refractivity contribution is 5.81. The molecule has 0 aliphatic heterocycles. The predicted molar refractivity (Wildman–Crippen MR) is 95.9 cm³/mol. The van der Waals surface area contributed by atoms with Crippen LogP contribution in [0.5, 0.6) is 5.75 Å². The first-order valence-corrected chi connectivity index (χ1v) is 8.64. The van der Waals surface area contributed by atoms with Gasteiger partial charge in [0.05, 0.1) is 6.10 Å². The molecule has 0 bridgehead atoms. The van der Waals surface area contributed by atoms with Crippen molar-refractivity contribution in [2.45, 2.75) is 71.8 Å². The number of alkyl carbamates (subject to hydrolysis) is 1. The summed E-state index contributed by atoms with van der Waals surface area (Å²) in [5.74, 6) is -0.606. The molecule has 1 aromatic carbocycles. The predicted octanol–water partition coefficient (Wildman–Crippen LogP) is 4.24. The van der Waals surface area contributed by atoms with E-state index < -0.39 is 36.2 Å². The molecule has 1 rings (SSSR count). The summed E-state index contributed by atoms with van der Waals surface area (Å²) in [5, 5.41) is 2.26. The molecule has 0 spiro atoms. The van der Waals surface area contributed by atoms with Gasteiger partial charge in [-0.3, -0.25) is 0 Å². The summed E-state index contributed by atoms with van der Waals surface area (Å²) in [6.07, 6.45) is -5.70. The molecule has 0 fully saturated rings. The van der Waals surface area contributed by atoms with Crippen LogP contribution in [0.1, 0.15) is 53.2 Å². The van der Waals surface area contributed by atoms with Crippen molar-refractivity contribution in [3.8, 4) is 5.75 Å². The van der Waals surface area contributed by atoms with Crippen molar-refractivity contribution < 1.29 is 32.6 Å². The number of hydrogen-bond donors (Lipinski definition) is 1. The van der Waals surface area contributed by atoms with Gasteiger partial charge < -0.3 is 19.5 Å². The van der Waals surface area contributed by atoms with Gasteiger partial charge in [-0.15, -0.1) is 0 Å². The fourth-order valence-corrected chi connectivity index (χ4v) is 2.07. The van der Waals surface area contributed by atoms with Gasteiger partial charge in [0.25, 0.3) is 6.43 Å². The first-order valence-electron chi connectivity index (χ1n) is 8.64. The number of ether oxygens (including phenoxy) is 3. The van der Waals surface area contributed by atoms with E-state index >= 15 is 0 Å². The van der Waals surface area contributed by atoms with Gasteiger partial charge in [-0.1, -0.05) is 12.1 Å². The van der Waals surface area contributed by atoms with Crippen LogP contribution in [0.3, 0.4) is 0 Å². The standard InChI is InChI=1S/C19H27F2NO5/c1-11(2)25-14-9-7-8-13(10-14)15(16(20)21)26-17(23)12(3)22-18(24)27-19(4,5)6/h7-12,15-16H,1-6H3,(H,22,24). The highest BCUT2D eigenvalue weighted by Gasteiger charge is 2.30. The molecule has 0 radical (unpaired) electrons. The average Bonchev–Trinajstić information content (AvgIpc) is 2.49. The van der Waals surface area contributed by atoms with Crippen molar-refractivity contribution >= 4 is 12.1 Å². The van der Waals surface area contributed by atoms with E-state index in [1.165, 1.54) is 19.1 Å². The number of rotatable bonds is 7. The SMILES string of the molecule is CC(C)Oc1cccc(C(OC(=O)C(C)NC(=O)OC(C)(C)C)C(F)F)c1. The maximum Gasteiger partial charge on any atom is 0.408 e. The van der Waals surface area contributed by atoms with E-state index in [0.717, 1.165) is 0 Å². The first kappa shape index (κ1) is 22.7. The summed E-state index contributed by atoms with van der Waals surface area (Å²) >= 11 is 0. The largest absolute Gasteiger partial charge is 0.491 e. The Bertz CT molecular complexity index is 643. The zero-order valence-electron chi connectivity index (χ0n) is 16.4. The molecule has 152 valence electrons. The van der Waals surface area contributed by atoms with E-state index in [-0.39, 0.29) is 11.7 Å². The van der Waals surface area contributed by atoms with Crippen LogP contribution in [0.4, 0.5) is 13.6 Å². The van der Waals surface area contributed by atoms with Crippen molar-refractivity contribution in [3.63, 3.8) is 0 Å². The van der Waals surface area contributed by atoms with Crippen LogP contribution in [0, 0.1) is 0 Å². The Labute approximate surface area is 158 Å². The van der Waals surface area contributed by atoms with E-state index in [1.54, 1.807) is 46.8 Å². The second kappa shape index (κ2) is 9.53. The summed E-state index contributed by atoms with van der Waals surface area (Å²) in [4.78, 5) is 23.8. The number of esters is 1. The van der Waals surface area contributed by atoms with Crippen molar-refractivity contribution in [1.29, 1.82) is 0 Å². The smallest absolute Gasteiger partial charge is 0.408 e. The van der Waals surface area contributed by atoms with E-state index in [9.17, 15) is 18.4 Å². The maximum atomic E-state index is 13.5. The number of amides is 1. The minimum absolute atomic E-state index is 0.0981. The highest BCUT2D eigenvalue weighted by atomic mass is 19.3. The molecular formula is C19H27F2NO5. The van der Waals surface area contributed by atoms with Crippen LogP contribution in [0.25, 0.3) is 0 Å². The number of halogens is 2. The first-order chi connectivity index (χ1) is 12.4. The summed E-state index contributed by atoms with van der Waals surface area (Å²) in [6, 6.07) is 4.83. The third-order valence-corrected chi connectivity index (χ3v) is 3.12. The van der Waals surface area contributed by atoms with Crippen LogP contribution in [-0.4, -0.2) is 36.2 Å². The molecule has 6 nitrogen and oxygen atoms in total. The van der Waals surface area contributed by atoms with Gasteiger partial charge in [0.2, 0.25) is 0 Å². The van der Waals surface area contributed by atoms with Crippen LogP contribution in [0.15, 0.2) is 24.3 Å². The monoisotopic (exact) mass is 387 g/mol. The van der Waals surface area contributed by atoms with Gasteiger partial charge in [0.1, 0.15) is 17.4 Å². The lowest BCUT2D eigenvalue weighted by Gasteiger charge is -2.23. The number of benzene rings is 1. The van der Waals surface area contributed by atoms with Crippen LogP contribution in [-0.2, 0) is 14.3 Å². The third-order valence-electron chi connectivity index (χ3n) is 3.12. The molecule has 0 saturated carbocycles. The number of hydrogen-bond acceptors (Lipinski definition) is 5. The van der Waals surface area contributed by atoms with E-state index in [1.807, 2.05) is 0 Å². The van der Waals surface area contributed by atoms with E-state index in [4.69, 9.17) is 14.2 Å². The number of nitrogens with one attached hydrogen (secondary N) is 1. The summed E-state index contributed by atoms with van der Waals surface area (Å²) in [5.41, 5.74) is -0.656. The lowest BCUT2D eigenvalue weighted by molar-refractivity contribution is -0.160. The van der Waals surface area contributed by atoms with Gasteiger partial charge in [0, 0.05) is 5.56 Å². The molecular weight excluding hydrogens is 360 g/mol. The highest BCUT2D eigenvalue weighted by Crippen LogP contribution is 2.28. The molecule has 2 atom stereocenters. The van der Waals surface area contributed by atoms with Gasteiger partial charge >= 0.3 is 12.1 Å². The van der Waals surface area contributed by atoms with Gasteiger partial charge in [-0.2, -0.15) is 0 Å². The normalized spacial score (nSPS) is 13.9. The fourth-order valence-electron chi connectivity index (χ4n) is 2.07. The molecule has 1 N–H and O–H groups in total. The molecule has 27 heavy (non-hydrogen) atoms. The van der Waals surface area contributed by atoms with Crippen LogP contribution < -0.4 is 10.1 Å². The Morgan fingerprint density at radius 1 is 1.11 bits per heavy atom. The zero-order chi connectivity index (χ0) is 20.8. The summed E-state index contributed by atoms with van der Waals surface area (Å²) < 4.78 is 42.4. The van der Waals surface area contributed by atoms with E-state index in [2.05, 4.69) is 5.32 Å². The second-order valence-corrected chi connectivity index (χ2v) is 7.30. The molecule has 1 aromatic rings. The Hall–Kier alpha value is -2.38. The van der Waals surface area contributed by atoms with Crippen LogP contribution in [0.2, 0.25) is 0 Å². The van der Waals surface area contributed by atoms with Crippen molar-refractivity contribution in [3.05, 3.63) is 29.8 Å². The van der Waals surface area contributed by atoms with E-state index in [0.29, 0.717) is 5.75 Å². The van der Waals surface area contributed by atoms with Crippen molar-refractivity contribution in [1.82, 2.24) is 5.32 Å². The zero-order valence-corrected chi connectivity index (χ0v) is 16.4.